The van der Waals surface area contributed by atoms with Gasteiger partial charge >= 0.3 is 6.18 Å². The van der Waals surface area contributed by atoms with Crippen LogP contribution >= 0.6 is 0 Å². The van der Waals surface area contributed by atoms with Crippen molar-refractivity contribution in [3.8, 4) is 11.5 Å². The van der Waals surface area contributed by atoms with E-state index in [4.69, 9.17) is 14.2 Å². The van der Waals surface area contributed by atoms with E-state index in [0.717, 1.165) is 18.2 Å². The van der Waals surface area contributed by atoms with Crippen LogP contribution in [0.3, 0.4) is 0 Å². The number of hydrogen-bond acceptors (Lipinski definition) is 5. The molecule has 7 nitrogen and oxygen atoms in total. The van der Waals surface area contributed by atoms with E-state index in [1.165, 1.54) is 19.1 Å². The fraction of sp³-hybridized carbons (Fsp3) is 0.364. The van der Waals surface area contributed by atoms with Crippen LogP contribution in [0.5, 0.6) is 11.5 Å². The molecule has 0 aromatic heterocycles. The van der Waals surface area contributed by atoms with Crippen molar-refractivity contribution in [2.45, 2.75) is 12.6 Å². The van der Waals surface area contributed by atoms with E-state index in [1.807, 2.05) is 0 Å². The maximum absolute atomic E-state index is 13.2. The minimum Gasteiger partial charge on any atom is -0.497 e. The molecule has 1 fully saturated rings. The highest BCUT2D eigenvalue weighted by Gasteiger charge is 2.36. The normalized spacial score (nSPS) is 16.2. The third-order valence-corrected chi connectivity index (χ3v) is 4.99. The lowest BCUT2D eigenvalue weighted by Gasteiger charge is -2.18. The third-order valence-electron chi connectivity index (χ3n) is 4.99. The zero-order valence-corrected chi connectivity index (χ0v) is 17.6. The van der Waals surface area contributed by atoms with Gasteiger partial charge in [0.2, 0.25) is 11.8 Å². The first-order chi connectivity index (χ1) is 15.2. The monoisotopic (exact) mass is 452 g/mol. The average molecular weight is 452 g/mol. The van der Waals surface area contributed by atoms with Gasteiger partial charge in [-0.05, 0) is 42.5 Å². The number of carbonyl (C=O) groups is 2. The number of hydrogen-bond donors (Lipinski definition) is 1. The fourth-order valence-electron chi connectivity index (χ4n) is 3.29. The number of alkyl halides is 3. The fourth-order valence-corrected chi connectivity index (χ4v) is 3.29. The molecule has 3 rings (SSSR count). The molecule has 1 aliphatic rings. The Bertz CT molecular complexity index is 963. The Morgan fingerprint density at radius 2 is 1.84 bits per heavy atom. The molecule has 1 aliphatic heterocycles. The van der Waals surface area contributed by atoms with E-state index in [2.05, 4.69) is 5.32 Å². The van der Waals surface area contributed by atoms with Gasteiger partial charge in [-0.3, -0.25) is 9.59 Å². The van der Waals surface area contributed by atoms with Crippen molar-refractivity contribution >= 4 is 23.2 Å². The molecule has 1 heterocycles. The summed E-state index contributed by atoms with van der Waals surface area (Å²) >= 11 is 0. The molecule has 1 unspecified atom stereocenters. The highest BCUT2D eigenvalue weighted by atomic mass is 19.4. The minimum atomic E-state index is -4.58. The molecule has 0 aliphatic carbocycles. The number of benzene rings is 2. The van der Waals surface area contributed by atoms with Crippen LogP contribution in [0, 0.1) is 5.92 Å². The van der Waals surface area contributed by atoms with Gasteiger partial charge < -0.3 is 24.4 Å². The first-order valence-electron chi connectivity index (χ1n) is 9.81. The van der Waals surface area contributed by atoms with E-state index in [-0.39, 0.29) is 43.5 Å². The van der Waals surface area contributed by atoms with Crippen LogP contribution in [0.15, 0.2) is 42.5 Å². The van der Waals surface area contributed by atoms with E-state index >= 15 is 0 Å². The summed E-state index contributed by atoms with van der Waals surface area (Å²) in [6.07, 6.45) is -4.64. The maximum Gasteiger partial charge on any atom is 0.416 e. The predicted octanol–water partition coefficient (Wildman–Crippen LogP) is 3.73. The Labute approximate surface area is 183 Å². The standard InChI is InChI=1S/C22H23F3N2O5/c1-30-9-10-32-19-8-3-15(22(23,24)25)12-18(19)26-21(29)14-11-20(28)27(13-14)16-4-6-17(31-2)7-5-16/h3-8,12,14H,9-11,13H2,1-2H3,(H,26,29). The van der Waals surface area contributed by atoms with Crippen LogP contribution in [0.25, 0.3) is 0 Å². The van der Waals surface area contributed by atoms with Crippen molar-refractivity contribution in [2.75, 3.05) is 44.2 Å². The molecule has 0 saturated carbocycles. The minimum absolute atomic E-state index is 0.0588. The number of nitrogens with zero attached hydrogens (tertiary/aromatic N) is 1. The lowest BCUT2D eigenvalue weighted by Crippen LogP contribution is -2.28. The van der Waals surface area contributed by atoms with E-state index in [1.54, 1.807) is 24.3 Å². The zero-order valence-electron chi connectivity index (χ0n) is 17.6. The van der Waals surface area contributed by atoms with Gasteiger partial charge in [-0.25, -0.2) is 0 Å². The molecule has 1 saturated heterocycles. The molecule has 10 heteroatoms. The van der Waals surface area contributed by atoms with Gasteiger partial charge in [0.1, 0.15) is 18.1 Å². The summed E-state index contributed by atoms with van der Waals surface area (Å²) in [5.74, 6) is -0.841. The summed E-state index contributed by atoms with van der Waals surface area (Å²) in [5, 5.41) is 2.50. The highest BCUT2D eigenvalue weighted by Crippen LogP contribution is 2.36. The number of ether oxygens (including phenoxy) is 3. The van der Waals surface area contributed by atoms with Crippen molar-refractivity contribution in [3.63, 3.8) is 0 Å². The number of carbonyl (C=O) groups excluding carboxylic acids is 2. The lowest BCUT2D eigenvalue weighted by molar-refractivity contribution is -0.137. The van der Waals surface area contributed by atoms with Gasteiger partial charge in [0, 0.05) is 25.8 Å². The number of halogens is 3. The molecular weight excluding hydrogens is 429 g/mol. The van der Waals surface area contributed by atoms with Crippen LogP contribution in [0.4, 0.5) is 24.5 Å². The topological polar surface area (TPSA) is 77.1 Å². The second kappa shape index (κ2) is 9.90. The van der Waals surface area contributed by atoms with Crippen LogP contribution in [0.1, 0.15) is 12.0 Å². The average Bonchev–Trinajstić information content (AvgIpc) is 3.16. The Hall–Kier alpha value is -3.27. The number of anilines is 2. The second-order valence-electron chi connectivity index (χ2n) is 7.14. The SMILES string of the molecule is COCCOc1ccc(C(F)(F)F)cc1NC(=O)C1CC(=O)N(c2ccc(OC)cc2)C1. The third kappa shape index (κ3) is 5.50. The summed E-state index contributed by atoms with van der Waals surface area (Å²) in [6.45, 7) is 0.427. The molecule has 2 amide bonds. The summed E-state index contributed by atoms with van der Waals surface area (Å²) in [6, 6.07) is 9.64. The van der Waals surface area contributed by atoms with Gasteiger partial charge in [-0.1, -0.05) is 0 Å². The molecule has 1 N–H and O–H groups in total. The Kier molecular flexibility index (Phi) is 7.24. The molecule has 0 spiro atoms. The predicted molar refractivity (Wildman–Crippen MR) is 111 cm³/mol. The van der Waals surface area contributed by atoms with Crippen LogP contribution in [-0.4, -0.2) is 45.8 Å². The second-order valence-corrected chi connectivity index (χ2v) is 7.14. The Morgan fingerprint density at radius 3 is 2.47 bits per heavy atom. The zero-order chi connectivity index (χ0) is 23.3. The molecule has 0 bridgehead atoms. The van der Waals surface area contributed by atoms with Crippen molar-refractivity contribution in [3.05, 3.63) is 48.0 Å². The number of methoxy groups -OCH3 is 2. The summed E-state index contributed by atoms with van der Waals surface area (Å²) in [4.78, 5) is 26.7. The molecular formula is C22H23F3N2O5. The van der Waals surface area contributed by atoms with Crippen LogP contribution < -0.4 is 19.7 Å². The smallest absolute Gasteiger partial charge is 0.416 e. The van der Waals surface area contributed by atoms with E-state index < -0.39 is 23.6 Å². The highest BCUT2D eigenvalue weighted by molar-refractivity contribution is 6.04. The molecule has 32 heavy (non-hydrogen) atoms. The van der Waals surface area contributed by atoms with Gasteiger partial charge in [0.25, 0.3) is 0 Å². The maximum atomic E-state index is 13.2. The lowest BCUT2D eigenvalue weighted by atomic mass is 10.1. The van der Waals surface area contributed by atoms with E-state index in [0.29, 0.717) is 11.4 Å². The molecule has 1 atom stereocenters. The van der Waals surface area contributed by atoms with E-state index in [9.17, 15) is 22.8 Å². The number of nitrogens with one attached hydrogen (secondary N) is 1. The van der Waals surface area contributed by atoms with Gasteiger partial charge in [-0.15, -0.1) is 0 Å². The van der Waals surface area contributed by atoms with Crippen molar-refractivity contribution < 1.29 is 37.0 Å². The largest absolute Gasteiger partial charge is 0.497 e. The van der Waals surface area contributed by atoms with Crippen LogP contribution in [-0.2, 0) is 20.5 Å². The van der Waals surface area contributed by atoms with Crippen molar-refractivity contribution in [1.29, 1.82) is 0 Å². The molecule has 0 radical (unpaired) electrons. The first-order valence-corrected chi connectivity index (χ1v) is 9.81. The quantitative estimate of drug-likeness (QED) is 0.618. The summed E-state index contributed by atoms with van der Waals surface area (Å²) in [5.41, 5.74) is -0.431. The van der Waals surface area contributed by atoms with Crippen molar-refractivity contribution in [2.24, 2.45) is 5.92 Å². The van der Waals surface area contributed by atoms with Gasteiger partial charge in [-0.2, -0.15) is 13.2 Å². The molecule has 2 aromatic carbocycles. The Balaban J connectivity index is 1.75. The van der Waals surface area contributed by atoms with Gasteiger partial charge in [0.05, 0.1) is 30.9 Å². The number of rotatable bonds is 8. The molecule has 172 valence electrons. The summed E-state index contributed by atoms with van der Waals surface area (Å²) in [7, 11) is 2.99. The van der Waals surface area contributed by atoms with Gasteiger partial charge in [0.15, 0.2) is 0 Å². The first kappa shape index (κ1) is 23.4. The Morgan fingerprint density at radius 1 is 1.12 bits per heavy atom. The van der Waals surface area contributed by atoms with Crippen LogP contribution in [0.2, 0.25) is 0 Å². The summed E-state index contributed by atoms with van der Waals surface area (Å²) < 4.78 is 54.9. The number of amides is 2. The van der Waals surface area contributed by atoms with Crippen molar-refractivity contribution in [1.82, 2.24) is 0 Å². The molecule has 2 aromatic rings.